The maximum absolute atomic E-state index is 14.4. The number of pyridine rings is 3. The number of hydrogen-bond acceptors (Lipinski definition) is 6. The molecule has 0 aliphatic heterocycles. The lowest BCUT2D eigenvalue weighted by atomic mass is 10.1. The van der Waals surface area contributed by atoms with E-state index in [1.165, 1.54) is 6.07 Å². The Labute approximate surface area is 186 Å². The van der Waals surface area contributed by atoms with E-state index in [2.05, 4.69) is 30.1 Å². The molecule has 0 amide bonds. The average molecular weight is 437 g/mol. The van der Waals surface area contributed by atoms with E-state index in [1.807, 2.05) is 12.1 Å². The smallest absolute Gasteiger partial charge is 0.159 e. The standard InChI is InChI=1S/C24H16FN7O/c1-33-14-6-13(8-26-9-14)19-7-16-20(12-28-19)31-32-23(16)24-29-21-11-27-10-17(22(21)30-24)15-4-2-3-5-18(15)25/h2-12H,1H3,(H,29,30)(H,31,32). The number of rotatable bonds is 4. The van der Waals surface area contributed by atoms with E-state index in [-0.39, 0.29) is 5.82 Å². The van der Waals surface area contributed by atoms with Gasteiger partial charge in [0.15, 0.2) is 5.82 Å². The Kier molecular flexibility index (Phi) is 4.32. The summed E-state index contributed by atoms with van der Waals surface area (Å²) < 4.78 is 19.7. The van der Waals surface area contributed by atoms with Crippen LogP contribution in [0.15, 0.2) is 67.4 Å². The van der Waals surface area contributed by atoms with Crippen molar-refractivity contribution in [2.45, 2.75) is 0 Å². The van der Waals surface area contributed by atoms with Crippen molar-refractivity contribution in [1.82, 2.24) is 35.1 Å². The predicted molar refractivity (Wildman–Crippen MR) is 122 cm³/mol. The summed E-state index contributed by atoms with van der Waals surface area (Å²) >= 11 is 0. The molecule has 6 rings (SSSR count). The van der Waals surface area contributed by atoms with Gasteiger partial charge in [-0.15, -0.1) is 0 Å². The van der Waals surface area contributed by atoms with Gasteiger partial charge in [0, 0.05) is 34.5 Å². The highest BCUT2D eigenvalue weighted by Gasteiger charge is 2.17. The van der Waals surface area contributed by atoms with E-state index in [9.17, 15) is 4.39 Å². The van der Waals surface area contributed by atoms with E-state index < -0.39 is 0 Å². The highest BCUT2D eigenvalue weighted by atomic mass is 19.1. The van der Waals surface area contributed by atoms with Crippen molar-refractivity contribution >= 4 is 21.9 Å². The number of aromatic nitrogens is 7. The summed E-state index contributed by atoms with van der Waals surface area (Å²) in [7, 11) is 1.59. The van der Waals surface area contributed by atoms with Crippen molar-refractivity contribution in [3.63, 3.8) is 0 Å². The summed E-state index contributed by atoms with van der Waals surface area (Å²) in [4.78, 5) is 21.0. The predicted octanol–water partition coefficient (Wildman–Crippen LogP) is 4.77. The van der Waals surface area contributed by atoms with Crippen molar-refractivity contribution in [2.24, 2.45) is 0 Å². The normalized spacial score (nSPS) is 11.3. The molecule has 0 aliphatic carbocycles. The van der Waals surface area contributed by atoms with Crippen LogP contribution < -0.4 is 4.74 Å². The number of fused-ring (bicyclic) bond motifs is 2. The molecule has 0 unspecified atom stereocenters. The Morgan fingerprint density at radius 2 is 1.79 bits per heavy atom. The molecule has 5 aromatic heterocycles. The van der Waals surface area contributed by atoms with E-state index in [0.29, 0.717) is 39.4 Å². The third-order valence-electron chi connectivity index (χ3n) is 5.47. The molecule has 2 N–H and O–H groups in total. The van der Waals surface area contributed by atoms with Gasteiger partial charge in [-0.2, -0.15) is 5.10 Å². The fraction of sp³-hybridized carbons (Fsp3) is 0.0417. The molecule has 0 aliphatic rings. The summed E-state index contributed by atoms with van der Waals surface area (Å²) in [6, 6.07) is 10.4. The SMILES string of the molecule is COc1cncc(-c2cc3c(-c4nc5c(-c6ccccc6F)cncc5[nH]4)n[nH]c3cn2)c1. The minimum atomic E-state index is -0.329. The van der Waals surface area contributed by atoms with Gasteiger partial charge >= 0.3 is 0 Å². The Bertz CT molecular complexity index is 1640. The zero-order chi connectivity index (χ0) is 22.4. The van der Waals surface area contributed by atoms with Crippen molar-refractivity contribution in [2.75, 3.05) is 7.11 Å². The first-order valence-corrected chi connectivity index (χ1v) is 10.1. The summed E-state index contributed by atoms with van der Waals surface area (Å²) in [5, 5.41) is 8.29. The Hall–Kier alpha value is -4.66. The molecular weight excluding hydrogens is 421 g/mol. The van der Waals surface area contributed by atoms with Crippen LogP contribution in [0.2, 0.25) is 0 Å². The average Bonchev–Trinajstić information content (AvgIpc) is 3.48. The minimum absolute atomic E-state index is 0.329. The molecule has 160 valence electrons. The van der Waals surface area contributed by atoms with Crippen LogP contribution in [-0.4, -0.2) is 42.2 Å². The maximum Gasteiger partial charge on any atom is 0.159 e. The molecule has 6 aromatic rings. The highest BCUT2D eigenvalue weighted by Crippen LogP contribution is 2.33. The van der Waals surface area contributed by atoms with Gasteiger partial charge in [-0.25, -0.2) is 9.37 Å². The van der Waals surface area contributed by atoms with E-state index in [1.54, 1.807) is 56.3 Å². The fourth-order valence-corrected chi connectivity index (χ4v) is 3.85. The molecule has 0 fully saturated rings. The quantitative estimate of drug-likeness (QED) is 0.411. The van der Waals surface area contributed by atoms with Crippen LogP contribution in [0, 0.1) is 5.82 Å². The Morgan fingerprint density at radius 1 is 0.909 bits per heavy atom. The van der Waals surface area contributed by atoms with Gasteiger partial charge < -0.3 is 9.72 Å². The molecule has 0 atom stereocenters. The van der Waals surface area contributed by atoms with Crippen LogP contribution in [0.5, 0.6) is 5.75 Å². The maximum atomic E-state index is 14.4. The first-order valence-electron chi connectivity index (χ1n) is 10.1. The lowest BCUT2D eigenvalue weighted by molar-refractivity contribution is 0.413. The van der Waals surface area contributed by atoms with Crippen LogP contribution >= 0.6 is 0 Å². The fourth-order valence-electron chi connectivity index (χ4n) is 3.85. The number of imidazole rings is 1. The molecule has 33 heavy (non-hydrogen) atoms. The summed E-state index contributed by atoms with van der Waals surface area (Å²) in [5.41, 5.74) is 5.29. The largest absolute Gasteiger partial charge is 0.495 e. The summed E-state index contributed by atoms with van der Waals surface area (Å²) in [6.45, 7) is 0. The second kappa shape index (κ2) is 7.49. The number of nitrogens with one attached hydrogen (secondary N) is 2. The third kappa shape index (κ3) is 3.18. The van der Waals surface area contributed by atoms with E-state index >= 15 is 0 Å². The van der Waals surface area contributed by atoms with Gasteiger partial charge in [0.2, 0.25) is 0 Å². The van der Waals surface area contributed by atoms with Crippen molar-refractivity contribution in [3.8, 4) is 39.7 Å². The second-order valence-electron chi connectivity index (χ2n) is 7.45. The molecule has 9 heteroatoms. The number of ether oxygens (including phenoxy) is 1. The molecule has 0 saturated heterocycles. The molecule has 0 radical (unpaired) electrons. The third-order valence-corrected chi connectivity index (χ3v) is 5.47. The van der Waals surface area contributed by atoms with Crippen LogP contribution in [0.3, 0.4) is 0 Å². The van der Waals surface area contributed by atoms with E-state index in [0.717, 1.165) is 22.2 Å². The van der Waals surface area contributed by atoms with Crippen LogP contribution in [0.1, 0.15) is 0 Å². The molecular formula is C24H16FN7O. The number of nitrogens with zero attached hydrogens (tertiary/aromatic N) is 5. The monoisotopic (exact) mass is 437 g/mol. The number of halogens is 1. The van der Waals surface area contributed by atoms with Gasteiger partial charge in [0.05, 0.1) is 42.4 Å². The number of hydrogen-bond donors (Lipinski definition) is 2. The lowest BCUT2D eigenvalue weighted by Gasteiger charge is -2.03. The zero-order valence-electron chi connectivity index (χ0n) is 17.4. The first-order chi connectivity index (χ1) is 16.2. The minimum Gasteiger partial charge on any atom is -0.495 e. The highest BCUT2D eigenvalue weighted by molar-refractivity contribution is 5.97. The topological polar surface area (TPSA) is 105 Å². The van der Waals surface area contributed by atoms with Crippen molar-refractivity contribution < 1.29 is 9.13 Å². The van der Waals surface area contributed by atoms with Gasteiger partial charge in [0.25, 0.3) is 0 Å². The summed E-state index contributed by atoms with van der Waals surface area (Å²) in [6.07, 6.45) is 8.37. The van der Waals surface area contributed by atoms with E-state index in [4.69, 9.17) is 9.72 Å². The molecule has 5 heterocycles. The molecule has 0 bridgehead atoms. The first kappa shape index (κ1) is 19.1. The van der Waals surface area contributed by atoms with Gasteiger partial charge in [-0.05, 0) is 18.2 Å². The van der Waals surface area contributed by atoms with Crippen LogP contribution in [0.25, 0.3) is 55.8 Å². The Balaban J connectivity index is 1.50. The van der Waals surface area contributed by atoms with Gasteiger partial charge in [-0.3, -0.25) is 20.1 Å². The molecule has 0 spiro atoms. The number of H-pyrrole nitrogens is 2. The summed E-state index contributed by atoms with van der Waals surface area (Å²) in [5.74, 6) is 0.860. The van der Waals surface area contributed by atoms with Crippen molar-refractivity contribution in [3.05, 3.63) is 73.2 Å². The van der Waals surface area contributed by atoms with Crippen LogP contribution in [0.4, 0.5) is 4.39 Å². The Morgan fingerprint density at radius 3 is 2.67 bits per heavy atom. The lowest BCUT2D eigenvalue weighted by Crippen LogP contribution is -1.89. The second-order valence-corrected chi connectivity index (χ2v) is 7.45. The van der Waals surface area contributed by atoms with Gasteiger partial charge in [0.1, 0.15) is 22.8 Å². The molecule has 8 nitrogen and oxygen atoms in total. The van der Waals surface area contributed by atoms with Gasteiger partial charge in [-0.1, -0.05) is 18.2 Å². The number of methoxy groups -OCH3 is 1. The molecule has 0 saturated carbocycles. The number of aromatic amines is 2. The zero-order valence-corrected chi connectivity index (χ0v) is 17.4. The molecule has 1 aromatic carbocycles. The van der Waals surface area contributed by atoms with Crippen LogP contribution in [-0.2, 0) is 0 Å². The van der Waals surface area contributed by atoms with Crippen molar-refractivity contribution in [1.29, 1.82) is 0 Å². The number of benzene rings is 1.